The number of nitrogens with zero attached hydrogens (tertiary/aromatic N) is 1. The van der Waals surface area contributed by atoms with E-state index in [1.165, 1.54) is 65.2 Å². The van der Waals surface area contributed by atoms with Gasteiger partial charge in [-0.25, -0.2) is 0 Å². The molecule has 0 amide bonds. The largest absolute Gasteiger partial charge is 0.358 e. The molecule has 6 aliphatic carbocycles. The third-order valence-corrected chi connectivity index (χ3v) is 7.43. The zero-order valence-corrected chi connectivity index (χ0v) is 15.9. The van der Waals surface area contributed by atoms with E-state index in [1.54, 1.807) is 11.1 Å². The fourth-order valence-corrected chi connectivity index (χ4v) is 6.28. The van der Waals surface area contributed by atoms with E-state index in [1.807, 2.05) is 0 Å². The van der Waals surface area contributed by atoms with Crippen LogP contribution in [0, 0.1) is 18.8 Å². The molecule has 1 aromatic rings. The molecule has 0 fully saturated rings. The number of H-pyrrole nitrogens is 1. The van der Waals surface area contributed by atoms with Gasteiger partial charge in [-0.05, 0) is 74.3 Å². The van der Waals surface area contributed by atoms with Crippen LogP contribution in [-0.2, 0) is 0 Å². The van der Waals surface area contributed by atoms with Crippen molar-refractivity contribution in [3.8, 4) is 0 Å². The van der Waals surface area contributed by atoms with Crippen LogP contribution in [0.2, 0.25) is 0 Å². The van der Waals surface area contributed by atoms with Crippen LogP contribution in [0.25, 0.3) is 5.57 Å². The summed E-state index contributed by atoms with van der Waals surface area (Å²) in [5.74, 6) is 2.38. The maximum absolute atomic E-state index is 5.11. The predicted molar refractivity (Wildman–Crippen MR) is 107 cm³/mol. The van der Waals surface area contributed by atoms with Gasteiger partial charge in [0, 0.05) is 40.8 Å². The smallest absolute Gasteiger partial charge is 0.0724 e. The Hall–Kier alpha value is -2.09. The van der Waals surface area contributed by atoms with Crippen molar-refractivity contribution in [3.05, 3.63) is 63.7 Å². The van der Waals surface area contributed by atoms with Crippen LogP contribution in [-0.4, -0.2) is 10.7 Å². The Kier molecular flexibility index (Phi) is 2.89. The highest BCUT2D eigenvalue weighted by molar-refractivity contribution is 6.06. The Morgan fingerprint density at radius 2 is 1.42 bits per heavy atom. The fourth-order valence-electron chi connectivity index (χ4n) is 6.28. The van der Waals surface area contributed by atoms with Gasteiger partial charge in [-0.2, -0.15) is 0 Å². The number of aliphatic imine (C=N–C) groups is 1. The van der Waals surface area contributed by atoms with E-state index in [9.17, 15) is 0 Å². The molecule has 8 rings (SSSR count). The van der Waals surface area contributed by atoms with Gasteiger partial charge in [-0.1, -0.05) is 24.3 Å². The van der Waals surface area contributed by atoms with Gasteiger partial charge >= 0.3 is 0 Å². The first-order valence-corrected chi connectivity index (χ1v) is 10.2. The number of hydrogen-bond acceptors (Lipinski definition) is 1. The minimum Gasteiger partial charge on any atom is -0.358 e. The molecular formula is C24H26N2. The number of nitrogens with one attached hydrogen (secondary N) is 1. The van der Waals surface area contributed by atoms with Crippen molar-refractivity contribution in [2.75, 3.05) is 0 Å². The number of allylic oxidation sites excluding steroid dienone is 7. The molecule has 0 radical (unpaired) electrons. The lowest BCUT2D eigenvalue weighted by atomic mass is 9.69. The van der Waals surface area contributed by atoms with E-state index < -0.39 is 0 Å². The summed E-state index contributed by atoms with van der Waals surface area (Å²) in [4.78, 5) is 8.89. The summed E-state index contributed by atoms with van der Waals surface area (Å²) < 4.78 is 0. The number of fused-ring (bicyclic) bond motifs is 2. The van der Waals surface area contributed by atoms with Crippen LogP contribution >= 0.6 is 0 Å². The summed E-state index contributed by atoms with van der Waals surface area (Å²) in [7, 11) is 0. The van der Waals surface area contributed by atoms with E-state index >= 15 is 0 Å². The van der Waals surface area contributed by atoms with Crippen molar-refractivity contribution in [1.29, 1.82) is 0 Å². The van der Waals surface area contributed by atoms with Crippen LogP contribution in [0.15, 0.2) is 46.1 Å². The van der Waals surface area contributed by atoms with E-state index in [0.717, 1.165) is 0 Å². The molecule has 26 heavy (non-hydrogen) atoms. The molecule has 1 N–H and O–H groups in total. The molecule has 132 valence electrons. The second-order valence-electron chi connectivity index (χ2n) is 8.80. The number of aromatic nitrogens is 1. The van der Waals surface area contributed by atoms with Crippen molar-refractivity contribution in [2.45, 2.75) is 58.3 Å². The van der Waals surface area contributed by atoms with Crippen LogP contribution < -0.4 is 0 Å². The van der Waals surface area contributed by atoms with Crippen LogP contribution in [0.4, 0.5) is 0 Å². The zero-order chi connectivity index (χ0) is 17.6. The van der Waals surface area contributed by atoms with Crippen molar-refractivity contribution in [3.63, 3.8) is 0 Å². The van der Waals surface area contributed by atoms with Gasteiger partial charge in [0.15, 0.2) is 0 Å². The average Bonchev–Trinajstić information content (AvgIpc) is 3.24. The molecule has 2 nitrogen and oxygen atoms in total. The molecule has 0 aromatic carbocycles. The van der Waals surface area contributed by atoms with Gasteiger partial charge in [0.1, 0.15) is 0 Å². The highest BCUT2D eigenvalue weighted by atomic mass is 14.8. The standard InChI is InChI=1S/C24H26N2/c1-12(23-21-17-8-4-15(5-9-17)19(21)13(2)25-23)24-22-18-10-6-16(7-11-18)20(22)14(3)26-24/h4,6,8,10,15-18,25H,5,7,9,11H2,1-3H3/b24-12-. The summed E-state index contributed by atoms with van der Waals surface area (Å²) in [6.45, 7) is 6.77. The fraction of sp³-hybridized carbons (Fsp3) is 0.458. The molecule has 0 saturated heterocycles. The minimum absolute atomic E-state index is 0.574. The number of rotatable bonds is 1. The lowest BCUT2D eigenvalue weighted by Gasteiger charge is -2.34. The summed E-state index contributed by atoms with van der Waals surface area (Å²) in [5, 5.41) is 0. The monoisotopic (exact) mass is 342 g/mol. The first kappa shape index (κ1) is 15.0. The zero-order valence-electron chi connectivity index (χ0n) is 15.9. The molecule has 4 atom stereocenters. The summed E-state index contributed by atoms with van der Waals surface area (Å²) in [6, 6.07) is 0. The maximum atomic E-state index is 5.11. The SMILES string of the molecule is CC1=N/C(=C(/C)c2[nH]c(C)c3c2C2C=CC3CC2)C2=C1C1C=CC2CC1. The number of hydrogen-bond donors (Lipinski definition) is 1. The lowest BCUT2D eigenvalue weighted by molar-refractivity contribution is 0.501. The number of aryl methyl sites for hydroxylation is 1. The van der Waals surface area contributed by atoms with Gasteiger partial charge in [-0.15, -0.1) is 0 Å². The van der Waals surface area contributed by atoms with E-state index in [2.05, 4.69) is 50.1 Å². The second-order valence-corrected chi connectivity index (χ2v) is 8.80. The first-order chi connectivity index (χ1) is 12.6. The molecule has 1 aliphatic heterocycles. The highest BCUT2D eigenvalue weighted by Gasteiger charge is 2.39. The molecular weight excluding hydrogens is 316 g/mol. The molecule has 4 unspecified atom stereocenters. The normalized spacial score (nSPS) is 35.1. The molecule has 1 aromatic heterocycles. The van der Waals surface area contributed by atoms with Crippen molar-refractivity contribution in [2.24, 2.45) is 16.8 Å². The van der Waals surface area contributed by atoms with E-state index in [4.69, 9.17) is 4.99 Å². The van der Waals surface area contributed by atoms with Crippen molar-refractivity contribution < 1.29 is 0 Å². The van der Waals surface area contributed by atoms with E-state index in [0.29, 0.717) is 23.7 Å². The van der Waals surface area contributed by atoms with Gasteiger partial charge in [-0.3, -0.25) is 4.99 Å². The molecule has 0 saturated carbocycles. The minimum atomic E-state index is 0.574. The Morgan fingerprint density at radius 1 is 0.846 bits per heavy atom. The van der Waals surface area contributed by atoms with Crippen molar-refractivity contribution >= 4 is 11.3 Å². The Labute approximate surface area is 155 Å². The third kappa shape index (κ3) is 1.75. The lowest BCUT2D eigenvalue weighted by Crippen LogP contribution is -2.23. The quantitative estimate of drug-likeness (QED) is 0.611. The third-order valence-electron chi connectivity index (χ3n) is 7.43. The van der Waals surface area contributed by atoms with Gasteiger partial charge in [0.05, 0.1) is 5.70 Å². The Bertz CT molecular complexity index is 992. The Balaban J connectivity index is 1.56. The highest BCUT2D eigenvalue weighted by Crippen LogP contribution is 2.52. The Morgan fingerprint density at radius 3 is 2.08 bits per heavy atom. The van der Waals surface area contributed by atoms with Crippen LogP contribution in [0.1, 0.15) is 73.9 Å². The predicted octanol–water partition coefficient (Wildman–Crippen LogP) is 5.95. The topological polar surface area (TPSA) is 28.1 Å². The molecule has 2 heteroatoms. The number of aromatic amines is 1. The molecule has 7 aliphatic rings. The molecule has 4 bridgehead atoms. The summed E-state index contributed by atoms with van der Waals surface area (Å²) in [6.07, 6.45) is 14.9. The summed E-state index contributed by atoms with van der Waals surface area (Å²) in [5.41, 5.74) is 12.8. The average molecular weight is 342 g/mol. The molecule has 2 heterocycles. The van der Waals surface area contributed by atoms with Gasteiger partial charge in [0.2, 0.25) is 0 Å². The second kappa shape index (κ2) is 5.00. The summed E-state index contributed by atoms with van der Waals surface area (Å²) >= 11 is 0. The van der Waals surface area contributed by atoms with Gasteiger partial charge in [0.25, 0.3) is 0 Å². The van der Waals surface area contributed by atoms with E-state index in [-0.39, 0.29) is 0 Å². The first-order valence-electron chi connectivity index (χ1n) is 10.2. The maximum Gasteiger partial charge on any atom is 0.0724 e. The van der Waals surface area contributed by atoms with Gasteiger partial charge < -0.3 is 4.98 Å². The van der Waals surface area contributed by atoms with Crippen LogP contribution in [0.3, 0.4) is 0 Å². The van der Waals surface area contributed by atoms with Crippen LogP contribution in [0.5, 0.6) is 0 Å². The van der Waals surface area contributed by atoms with Crippen molar-refractivity contribution in [1.82, 2.24) is 4.98 Å². The molecule has 0 spiro atoms.